The van der Waals surface area contributed by atoms with Crippen LogP contribution in [0.5, 0.6) is 0 Å². The Labute approximate surface area is 124 Å². The Morgan fingerprint density at radius 3 is 2.62 bits per heavy atom. The Morgan fingerprint density at radius 1 is 1.29 bits per heavy atom. The van der Waals surface area contributed by atoms with E-state index in [1.807, 2.05) is 18.2 Å². The van der Waals surface area contributed by atoms with Crippen LogP contribution >= 0.6 is 0 Å². The van der Waals surface area contributed by atoms with Crippen molar-refractivity contribution in [2.45, 2.75) is 39.0 Å². The number of carboxylic acid groups (broad SMARTS) is 1. The number of benzene rings is 1. The molecule has 5 heteroatoms. The first-order chi connectivity index (χ1) is 10.1. The molecule has 0 saturated heterocycles. The van der Waals surface area contributed by atoms with E-state index in [2.05, 4.69) is 36.2 Å². The van der Waals surface area contributed by atoms with Crippen LogP contribution in [0.1, 0.15) is 50.0 Å². The fourth-order valence-corrected chi connectivity index (χ4v) is 2.32. The molecule has 0 aliphatic heterocycles. The van der Waals surface area contributed by atoms with Crippen LogP contribution in [-0.4, -0.2) is 21.3 Å². The fraction of sp³-hybridized carbons (Fsp3) is 0.438. The third kappa shape index (κ3) is 3.90. The van der Waals surface area contributed by atoms with Crippen LogP contribution in [0, 0.1) is 5.92 Å². The fourth-order valence-electron chi connectivity index (χ4n) is 2.32. The van der Waals surface area contributed by atoms with Gasteiger partial charge >= 0.3 is 5.97 Å². The Balaban J connectivity index is 2.23. The standard InChI is InChI=1S/C16H20N2O3/c1-3-11(2)15(12-7-5-4-6-8-12)16-18-17-13(21-16)9-10-14(19)20/h4-8,11,15H,3,9-10H2,1-2H3,(H,19,20). The SMILES string of the molecule is CCC(C)C(c1ccccc1)c1nnc(CCC(=O)O)o1. The van der Waals surface area contributed by atoms with Gasteiger partial charge < -0.3 is 9.52 Å². The Morgan fingerprint density at radius 2 is 2.00 bits per heavy atom. The average molecular weight is 288 g/mol. The molecule has 0 aliphatic carbocycles. The lowest BCUT2D eigenvalue weighted by molar-refractivity contribution is -0.137. The van der Waals surface area contributed by atoms with E-state index >= 15 is 0 Å². The van der Waals surface area contributed by atoms with Gasteiger partial charge in [0.15, 0.2) is 0 Å². The first kappa shape index (κ1) is 15.2. The van der Waals surface area contributed by atoms with Crippen molar-refractivity contribution in [3.63, 3.8) is 0 Å². The minimum atomic E-state index is -0.865. The van der Waals surface area contributed by atoms with E-state index in [1.54, 1.807) is 0 Å². The second kappa shape index (κ2) is 7.02. The number of aliphatic carboxylic acids is 1. The molecule has 112 valence electrons. The smallest absolute Gasteiger partial charge is 0.303 e. The van der Waals surface area contributed by atoms with Gasteiger partial charge in [0.05, 0.1) is 12.3 Å². The third-order valence-corrected chi connectivity index (χ3v) is 3.67. The first-order valence-corrected chi connectivity index (χ1v) is 7.20. The topological polar surface area (TPSA) is 76.2 Å². The molecule has 0 spiro atoms. The maximum absolute atomic E-state index is 10.6. The monoisotopic (exact) mass is 288 g/mol. The minimum absolute atomic E-state index is 0.000961. The number of hydrogen-bond acceptors (Lipinski definition) is 4. The molecule has 0 fully saturated rings. The second-order valence-corrected chi connectivity index (χ2v) is 5.20. The number of carboxylic acids is 1. The van der Waals surface area contributed by atoms with E-state index < -0.39 is 5.97 Å². The van der Waals surface area contributed by atoms with Gasteiger partial charge in [-0.3, -0.25) is 4.79 Å². The summed E-state index contributed by atoms with van der Waals surface area (Å²) in [5.74, 6) is 0.492. The highest BCUT2D eigenvalue weighted by molar-refractivity contribution is 5.66. The molecule has 0 radical (unpaired) electrons. The number of rotatable bonds is 7. The zero-order valence-electron chi connectivity index (χ0n) is 12.3. The molecule has 2 unspecified atom stereocenters. The highest BCUT2D eigenvalue weighted by Gasteiger charge is 2.25. The number of aryl methyl sites for hydroxylation is 1. The maximum Gasteiger partial charge on any atom is 0.303 e. The van der Waals surface area contributed by atoms with Crippen LogP contribution in [0.4, 0.5) is 0 Å². The number of carbonyl (C=O) groups is 1. The molecule has 0 bridgehead atoms. The Kier molecular flexibility index (Phi) is 5.09. The molecular formula is C16H20N2O3. The predicted molar refractivity (Wildman–Crippen MR) is 78.0 cm³/mol. The average Bonchev–Trinajstić information content (AvgIpc) is 2.95. The van der Waals surface area contributed by atoms with Crippen molar-refractivity contribution >= 4 is 5.97 Å². The van der Waals surface area contributed by atoms with Gasteiger partial charge in [0.25, 0.3) is 0 Å². The molecule has 21 heavy (non-hydrogen) atoms. The molecule has 2 aromatic rings. The van der Waals surface area contributed by atoms with Crippen LogP contribution in [0.15, 0.2) is 34.7 Å². The molecule has 5 nitrogen and oxygen atoms in total. The van der Waals surface area contributed by atoms with Crippen molar-refractivity contribution in [2.75, 3.05) is 0 Å². The second-order valence-electron chi connectivity index (χ2n) is 5.20. The van der Waals surface area contributed by atoms with Crippen molar-refractivity contribution in [1.29, 1.82) is 0 Å². The summed E-state index contributed by atoms with van der Waals surface area (Å²) in [5.41, 5.74) is 1.14. The molecule has 1 aromatic heterocycles. The molecule has 0 saturated carbocycles. The maximum atomic E-state index is 10.6. The number of aromatic nitrogens is 2. The molecule has 0 aliphatic rings. The van der Waals surface area contributed by atoms with Crippen molar-refractivity contribution in [1.82, 2.24) is 10.2 Å². The number of hydrogen-bond donors (Lipinski definition) is 1. The highest BCUT2D eigenvalue weighted by Crippen LogP contribution is 2.32. The zero-order chi connectivity index (χ0) is 15.2. The van der Waals surface area contributed by atoms with Crippen LogP contribution in [0.3, 0.4) is 0 Å². The number of nitrogens with zero attached hydrogens (tertiary/aromatic N) is 2. The molecular weight excluding hydrogens is 268 g/mol. The summed E-state index contributed by atoms with van der Waals surface area (Å²) < 4.78 is 5.69. The van der Waals surface area contributed by atoms with Crippen LogP contribution in [0.2, 0.25) is 0 Å². The van der Waals surface area contributed by atoms with E-state index in [0.717, 1.165) is 12.0 Å². The Bertz CT molecular complexity index is 580. The summed E-state index contributed by atoms with van der Waals surface area (Å²) in [4.78, 5) is 10.6. The lowest BCUT2D eigenvalue weighted by atomic mass is 9.85. The van der Waals surface area contributed by atoms with E-state index in [-0.39, 0.29) is 18.8 Å². The summed E-state index contributed by atoms with van der Waals surface area (Å²) >= 11 is 0. The van der Waals surface area contributed by atoms with Crippen molar-refractivity contribution < 1.29 is 14.3 Å². The van der Waals surface area contributed by atoms with Crippen LogP contribution < -0.4 is 0 Å². The predicted octanol–water partition coefficient (Wildman–Crippen LogP) is 3.26. The summed E-state index contributed by atoms with van der Waals surface area (Å²) in [6.45, 7) is 4.28. The Hall–Kier alpha value is -2.17. The van der Waals surface area contributed by atoms with Crippen LogP contribution in [0.25, 0.3) is 0 Å². The van der Waals surface area contributed by atoms with Crippen molar-refractivity contribution in [3.8, 4) is 0 Å². The lowest BCUT2D eigenvalue weighted by Gasteiger charge is -2.19. The van der Waals surface area contributed by atoms with Gasteiger partial charge in [-0.2, -0.15) is 0 Å². The van der Waals surface area contributed by atoms with Gasteiger partial charge in [0.2, 0.25) is 11.8 Å². The van der Waals surface area contributed by atoms with Gasteiger partial charge in [0, 0.05) is 6.42 Å². The summed E-state index contributed by atoms with van der Waals surface area (Å²) in [7, 11) is 0. The van der Waals surface area contributed by atoms with Crippen molar-refractivity contribution in [2.24, 2.45) is 5.92 Å². The summed E-state index contributed by atoms with van der Waals surface area (Å²) in [6.07, 6.45) is 1.26. The van der Waals surface area contributed by atoms with Crippen molar-refractivity contribution in [3.05, 3.63) is 47.7 Å². The van der Waals surface area contributed by atoms with E-state index in [4.69, 9.17) is 9.52 Å². The van der Waals surface area contributed by atoms with E-state index in [1.165, 1.54) is 0 Å². The van der Waals surface area contributed by atoms with Crippen LogP contribution in [-0.2, 0) is 11.2 Å². The quantitative estimate of drug-likeness (QED) is 0.846. The van der Waals surface area contributed by atoms with Gasteiger partial charge in [-0.25, -0.2) is 0 Å². The zero-order valence-corrected chi connectivity index (χ0v) is 12.3. The van der Waals surface area contributed by atoms with Gasteiger partial charge in [-0.1, -0.05) is 50.6 Å². The third-order valence-electron chi connectivity index (χ3n) is 3.67. The summed E-state index contributed by atoms with van der Waals surface area (Å²) in [5, 5.41) is 16.8. The molecule has 0 amide bonds. The molecule has 2 atom stereocenters. The summed E-state index contributed by atoms with van der Waals surface area (Å²) in [6, 6.07) is 10.1. The van der Waals surface area contributed by atoms with E-state index in [0.29, 0.717) is 17.7 Å². The molecule has 1 heterocycles. The lowest BCUT2D eigenvalue weighted by Crippen LogP contribution is -2.11. The molecule has 2 rings (SSSR count). The largest absolute Gasteiger partial charge is 0.481 e. The van der Waals surface area contributed by atoms with E-state index in [9.17, 15) is 4.79 Å². The van der Waals surface area contributed by atoms with Gasteiger partial charge in [-0.05, 0) is 11.5 Å². The van der Waals surface area contributed by atoms with Gasteiger partial charge in [-0.15, -0.1) is 10.2 Å². The first-order valence-electron chi connectivity index (χ1n) is 7.20. The highest BCUT2D eigenvalue weighted by atomic mass is 16.4. The molecule has 1 aromatic carbocycles. The molecule has 1 N–H and O–H groups in total. The minimum Gasteiger partial charge on any atom is -0.481 e. The van der Waals surface area contributed by atoms with Gasteiger partial charge in [0.1, 0.15) is 0 Å². The normalized spacial score (nSPS) is 13.8.